The normalized spacial score (nSPS) is 49.2. The third-order valence-corrected chi connectivity index (χ3v) is 2.04. The molecule has 0 radical (unpaired) electrons. The summed E-state index contributed by atoms with van der Waals surface area (Å²) in [5.41, 5.74) is 0. The van der Waals surface area contributed by atoms with Gasteiger partial charge in [0.2, 0.25) is 0 Å². The molecule has 2 N–H and O–H groups in total. The minimum Gasteiger partial charge on any atom is -0.390 e. The second-order valence-electron chi connectivity index (χ2n) is 3.00. The van der Waals surface area contributed by atoms with Crippen LogP contribution in [0.25, 0.3) is 0 Å². The maximum absolute atomic E-state index is 9.29. The molecule has 1 aliphatic heterocycles. The Morgan fingerprint density at radius 3 is 2.30 bits per heavy atom. The van der Waals surface area contributed by atoms with Gasteiger partial charge in [0.1, 0.15) is 6.10 Å². The van der Waals surface area contributed by atoms with Crippen molar-refractivity contribution in [3.63, 3.8) is 0 Å². The molecule has 10 heavy (non-hydrogen) atoms. The zero-order valence-electron chi connectivity index (χ0n) is 6.32. The van der Waals surface area contributed by atoms with Crippen LogP contribution in [0.15, 0.2) is 0 Å². The van der Waals surface area contributed by atoms with Gasteiger partial charge in [-0.15, -0.1) is 0 Å². The summed E-state index contributed by atoms with van der Waals surface area (Å²) < 4.78 is 5.16. The third-order valence-electron chi connectivity index (χ3n) is 2.04. The van der Waals surface area contributed by atoms with Crippen molar-refractivity contribution in [2.45, 2.75) is 32.2 Å². The lowest BCUT2D eigenvalue weighted by atomic mass is 9.95. The van der Waals surface area contributed by atoms with Gasteiger partial charge in [-0.1, -0.05) is 6.92 Å². The number of rotatable bonds is 0. The van der Waals surface area contributed by atoms with E-state index in [9.17, 15) is 10.2 Å². The predicted molar refractivity (Wildman–Crippen MR) is 36.6 cm³/mol. The Kier molecular flexibility index (Phi) is 2.28. The van der Waals surface area contributed by atoms with E-state index in [1.807, 2.05) is 6.92 Å². The average Bonchev–Trinajstić information content (AvgIpc) is 1.93. The van der Waals surface area contributed by atoms with Crippen molar-refractivity contribution in [2.75, 3.05) is 6.61 Å². The summed E-state index contributed by atoms with van der Waals surface area (Å²) in [4.78, 5) is 0. The first-order chi connectivity index (χ1) is 4.63. The van der Waals surface area contributed by atoms with Gasteiger partial charge >= 0.3 is 0 Å². The molecular weight excluding hydrogens is 132 g/mol. The van der Waals surface area contributed by atoms with Gasteiger partial charge in [-0.05, 0) is 6.92 Å². The Morgan fingerprint density at radius 1 is 1.20 bits per heavy atom. The van der Waals surface area contributed by atoms with Crippen LogP contribution in [-0.4, -0.2) is 35.1 Å². The van der Waals surface area contributed by atoms with Crippen molar-refractivity contribution < 1.29 is 14.9 Å². The molecule has 3 nitrogen and oxygen atoms in total. The number of hydrogen-bond donors (Lipinski definition) is 2. The Hall–Kier alpha value is -0.120. The van der Waals surface area contributed by atoms with Gasteiger partial charge in [-0.25, -0.2) is 0 Å². The van der Waals surface area contributed by atoms with Gasteiger partial charge in [0, 0.05) is 5.92 Å². The highest BCUT2D eigenvalue weighted by Gasteiger charge is 2.33. The van der Waals surface area contributed by atoms with Crippen molar-refractivity contribution in [1.82, 2.24) is 0 Å². The molecular formula is C7H14O3. The molecule has 2 unspecified atom stereocenters. The Morgan fingerprint density at radius 2 is 1.80 bits per heavy atom. The van der Waals surface area contributed by atoms with Crippen LogP contribution in [0.2, 0.25) is 0 Å². The SMILES string of the molecule is CC1OCC(C)[C@H](O)[C@@H]1O. The molecule has 1 heterocycles. The summed E-state index contributed by atoms with van der Waals surface area (Å²) in [7, 11) is 0. The number of hydrogen-bond acceptors (Lipinski definition) is 3. The first-order valence-corrected chi connectivity index (χ1v) is 3.60. The monoisotopic (exact) mass is 146 g/mol. The van der Waals surface area contributed by atoms with Gasteiger partial charge < -0.3 is 14.9 Å². The summed E-state index contributed by atoms with van der Waals surface area (Å²) in [5.74, 6) is 0.0474. The van der Waals surface area contributed by atoms with Crippen LogP contribution >= 0.6 is 0 Å². The lowest BCUT2D eigenvalue weighted by Gasteiger charge is -2.34. The molecule has 0 bridgehead atoms. The van der Waals surface area contributed by atoms with Crippen LogP contribution < -0.4 is 0 Å². The van der Waals surface area contributed by atoms with Gasteiger partial charge in [0.25, 0.3) is 0 Å². The molecule has 60 valence electrons. The van der Waals surface area contributed by atoms with Crippen LogP contribution in [0.4, 0.5) is 0 Å². The van der Waals surface area contributed by atoms with Gasteiger partial charge in [-0.3, -0.25) is 0 Å². The second kappa shape index (κ2) is 2.86. The van der Waals surface area contributed by atoms with E-state index in [2.05, 4.69) is 0 Å². The van der Waals surface area contributed by atoms with E-state index in [1.165, 1.54) is 0 Å². The van der Waals surface area contributed by atoms with E-state index < -0.39 is 12.2 Å². The quantitative estimate of drug-likeness (QED) is 0.496. The van der Waals surface area contributed by atoms with E-state index in [0.717, 1.165) is 0 Å². The highest BCUT2D eigenvalue weighted by molar-refractivity contribution is 4.81. The highest BCUT2D eigenvalue weighted by Crippen LogP contribution is 2.18. The molecule has 0 amide bonds. The topological polar surface area (TPSA) is 49.7 Å². The minimum atomic E-state index is -0.719. The fraction of sp³-hybridized carbons (Fsp3) is 1.00. The lowest BCUT2D eigenvalue weighted by Crippen LogP contribution is -2.47. The van der Waals surface area contributed by atoms with Crippen LogP contribution in [-0.2, 0) is 4.74 Å². The highest BCUT2D eigenvalue weighted by atomic mass is 16.5. The second-order valence-corrected chi connectivity index (χ2v) is 3.00. The zero-order valence-corrected chi connectivity index (χ0v) is 6.32. The maximum Gasteiger partial charge on any atom is 0.106 e. The molecule has 3 heteroatoms. The average molecular weight is 146 g/mol. The number of ether oxygens (including phenoxy) is 1. The van der Waals surface area contributed by atoms with E-state index in [4.69, 9.17) is 4.74 Å². The van der Waals surface area contributed by atoms with Crippen LogP contribution in [0.5, 0.6) is 0 Å². The molecule has 1 rings (SSSR count). The Bertz CT molecular complexity index is 101. The fourth-order valence-corrected chi connectivity index (χ4v) is 1.12. The molecule has 0 saturated carbocycles. The van der Waals surface area contributed by atoms with Crippen LogP contribution in [0, 0.1) is 5.92 Å². The van der Waals surface area contributed by atoms with Gasteiger partial charge in [-0.2, -0.15) is 0 Å². The summed E-state index contributed by atoms with van der Waals surface area (Å²) in [6.07, 6.45) is -1.57. The summed E-state index contributed by atoms with van der Waals surface area (Å²) in [6, 6.07) is 0. The van der Waals surface area contributed by atoms with E-state index in [-0.39, 0.29) is 12.0 Å². The summed E-state index contributed by atoms with van der Waals surface area (Å²) >= 11 is 0. The number of aliphatic hydroxyl groups is 2. The van der Waals surface area contributed by atoms with E-state index >= 15 is 0 Å². The molecule has 1 aliphatic rings. The number of aliphatic hydroxyl groups excluding tert-OH is 2. The summed E-state index contributed by atoms with van der Waals surface area (Å²) in [6.45, 7) is 4.17. The van der Waals surface area contributed by atoms with Crippen molar-refractivity contribution >= 4 is 0 Å². The van der Waals surface area contributed by atoms with Gasteiger partial charge in [0.15, 0.2) is 0 Å². The molecule has 0 aromatic heterocycles. The molecule has 0 aromatic rings. The Labute approximate surface area is 60.6 Å². The fourth-order valence-electron chi connectivity index (χ4n) is 1.12. The van der Waals surface area contributed by atoms with Crippen molar-refractivity contribution in [1.29, 1.82) is 0 Å². The predicted octanol–water partition coefficient (Wildman–Crippen LogP) is -0.237. The standard InChI is InChI=1S/C7H14O3/c1-4-3-10-5(2)7(9)6(4)8/h4-9H,3H2,1-2H3/t4?,5?,6-,7+/m0/s1. The molecule has 0 aromatic carbocycles. The third kappa shape index (κ3) is 1.31. The largest absolute Gasteiger partial charge is 0.390 e. The molecule has 0 aliphatic carbocycles. The van der Waals surface area contributed by atoms with Crippen molar-refractivity contribution in [3.8, 4) is 0 Å². The van der Waals surface area contributed by atoms with Crippen LogP contribution in [0.3, 0.4) is 0 Å². The summed E-state index contributed by atoms with van der Waals surface area (Å²) in [5, 5.41) is 18.5. The first kappa shape index (κ1) is 7.98. The van der Waals surface area contributed by atoms with Crippen LogP contribution in [0.1, 0.15) is 13.8 Å². The molecule has 4 atom stereocenters. The van der Waals surface area contributed by atoms with Crippen molar-refractivity contribution in [3.05, 3.63) is 0 Å². The van der Waals surface area contributed by atoms with E-state index in [0.29, 0.717) is 6.61 Å². The Balaban J connectivity index is 2.52. The van der Waals surface area contributed by atoms with E-state index in [1.54, 1.807) is 6.92 Å². The smallest absolute Gasteiger partial charge is 0.106 e. The van der Waals surface area contributed by atoms with Gasteiger partial charge in [0.05, 0.1) is 18.8 Å². The first-order valence-electron chi connectivity index (χ1n) is 3.60. The lowest BCUT2D eigenvalue weighted by molar-refractivity contribution is -0.153. The minimum absolute atomic E-state index is 0.0474. The molecule has 0 spiro atoms. The zero-order chi connectivity index (χ0) is 7.72. The van der Waals surface area contributed by atoms with Crippen molar-refractivity contribution in [2.24, 2.45) is 5.92 Å². The molecule has 1 fully saturated rings. The molecule has 1 saturated heterocycles. The maximum atomic E-state index is 9.29.